The van der Waals surface area contributed by atoms with Crippen molar-refractivity contribution < 1.29 is 14.0 Å². The number of halogens is 1. The number of nitrogens with zero attached hydrogens (tertiary/aromatic N) is 2. The van der Waals surface area contributed by atoms with E-state index in [4.69, 9.17) is 0 Å². The Labute approximate surface area is 158 Å². The third kappa shape index (κ3) is 3.73. The summed E-state index contributed by atoms with van der Waals surface area (Å²) >= 11 is 1.36. The first-order valence-electron chi connectivity index (χ1n) is 8.46. The van der Waals surface area contributed by atoms with Gasteiger partial charge in [0.25, 0.3) is 5.91 Å². The van der Waals surface area contributed by atoms with E-state index in [1.165, 1.54) is 29.5 Å². The molecule has 0 radical (unpaired) electrons. The second kappa shape index (κ2) is 7.28. The lowest BCUT2D eigenvalue weighted by Crippen LogP contribution is -2.28. The molecule has 136 valence electrons. The molecular weight excluding hydrogens is 365 g/mol. The molecule has 1 aliphatic heterocycles. The van der Waals surface area contributed by atoms with E-state index in [-0.39, 0.29) is 12.3 Å². The molecule has 4 rings (SSSR count). The summed E-state index contributed by atoms with van der Waals surface area (Å²) in [6, 6.07) is 13.9. The van der Waals surface area contributed by atoms with Crippen LogP contribution >= 0.6 is 11.3 Å². The number of carbonyl (C=O) groups is 2. The van der Waals surface area contributed by atoms with Crippen molar-refractivity contribution >= 4 is 28.8 Å². The van der Waals surface area contributed by atoms with E-state index in [0.717, 1.165) is 5.56 Å². The molecule has 2 amide bonds. The van der Waals surface area contributed by atoms with Crippen molar-refractivity contribution in [2.24, 2.45) is 4.99 Å². The largest absolute Gasteiger partial charge is 0.326 e. The van der Waals surface area contributed by atoms with Crippen LogP contribution in [-0.4, -0.2) is 16.4 Å². The molecule has 0 aliphatic carbocycles. The summed E-state index contributed by atoms with van der Waals surface area (Å²) in [7, 11) is 0. The maximum absolute atomic E-state index is 13.5. The molecule has 27 heavy (non-hydrogen) atoms. The van der Waals surface area contributed by atoms with Gasteiger partial charge in [-0.3, -0.25) is 9.59 Å². The van der Waals surface area contributed by atoms with Gasteiger partial charge in [-0.1, -0.05) is 36.4 Å². The summed E-state index contributed by atoms with van der Waals surface area (Å²) in [5, 5.41) is 4.48. The Morgan fingerprint density at radius 3 is 2.89 bits per heavy atom. The van der Waals surface area contributed by atoms with E-state index in [1.54, 1.807) is 0 Å². The minimum absolute atomic E-state index is 0.00499. The van der Waals surface area contributed by atoms with Gasteiger partial charge in [0, 0.05) is 30.2 Å². The van der Waals surface area contributed by atoms with Crippen LogP contribution in [0.25, 0.3) is 0 Å². The predicted octanol–water partition coefficient (Wildman–Crippen LogP) is 3.29. The zero-order chi connectivity index (χ0) is 18.8. The van der Waals surface area contributed by atoms with Gasteiger partial charge < -0.3 is 9.88 Å². The molecule has 0 spiro atoms. The SMILES string of the molecule is O=C1CC(C(=O)N=c2sccn2Cc2ccccc2)c2ccc(F)cc2N1. The van der Waals surface area contributed by atoms with Gasteiger partial charge in [0.05, 0.1) is 5.92 Å². The summed E-state index contributed by atoms with van der Waals surface area (Å²) in [4.78, 5) is 29.6. The number of aromatic nitrogens is 1. The maximum Gasteiger partial charge on any atom is 0.256 e. The zero-order valence-electron chi connectivity index (χ0n) is 14.3. The summed E-state index contributed by atoms with van der Waals surface area (Å²) in [5.74, 6) is -1.88. The van der Waals surface area contributed by atoms with Crippen LogP contribution in [0.1, 0.15) is 23.5 Å². The molecular formula is C20H16FN3O2S. The molecule has 1 aromatic heterocycles. The molecule has 2 heterocycles. The van der Waals surface area contributed by atoms with Crippen LogP contribution in [-0.2, 0) is 16.1 Å². The lowest BCUT2D eigenvalue weighted by molar-refractivity contribution is -0.124. The highest BCUT2D eigenvalue weighted by Crippen LogP contribution is 2.33. The fraction of sp³-hybridized carbons (Fsp3) is 0.150. The molecule has 7 heteroatoms. The van der Waals surface area contributed by atoms with E-state index < -0.39 is 17.6 Å². The molecule has 1 aliphatic rings. The third-order valence-electron chi connectivity index (χ3n) is 4.41. The second-order valence-electron chi connectivity index (χ2n) is 6.29. The van der Waals surface area contributed by atoms with Crippen molar-refractivity contribution in [3.05, 3.63) is 81.9 Å². The van der Waals surface area contributed by atoms with Gasteiger partial charge in [0.2, 0.25) is 5.91 Å². The molecule has 0 saturated heterocycles. The molecule has 0 bridgehead atoms. The number of thiazole rings is 1. The van der Waals surface area contributed by atoms with Gasteiger partial charge in [-0.2, -0.15) is 4.99 Å². The third-order valence-corrected chi connectivity index (χ3v) is 5.21. The number of amides is 2. The van der Waals surface area contributed by atoms with Gasteiger partial charge in [0.1, 0.15) is 5.82 Å². The Morgan fingerprint density at radius 1 is 1.26 bits per heavy atom. The minimum atomic E-state index is -0.707. The first-order chi connectivity index (χ1) is 13.1. The zero-order valence-corrected chi connectivity index (χ0v) is 15.1. The number of fused-ring (bicyclic) bond motifs is 1. The van der Waals surface area contributed by atoms with Gasteiger partial charge in [0.15, 0.2) is 4.80 Å². The number of carbonyl (C=O) groups excluding carboxylic acids is 2. The number of hydrogen-bond donors (Lipinski definition) is 1. The van der Waals surface area contributed by atoms with E-state index >= 15 is 0 Å². The van der Waals surface area contributed by atoms with Crippen LogP contribution in [0.15, 0.2) is 65.1 Å². The highest BCUT2D eigenvalue weighted by molar-refractivity contribution is 7.07. The van der Waals surface area contributed by atoms with E-state index in [0.29, 0.717) is 22.6 Å². The Kier molecular flexibility index (Phi) is 4.68. The van der Waals surface area contributed by atoms with E-state index in [2.05, 4.69) is 10.3 Å². The van der Waals surface area contributed by atoms with Crippen LogP contribution in [0.3, 0.4) is 0 Å². The quantitative estimate of drug-likeness (QED) is 0.757. The Hall–Kier alpha value is -3.06. The number of rotatable bonds is 3. The summed E-state index contributed by atoms with van der Waals surface area (Å²) < 4.78 is 15.3. The van der Waals surface area contributed by atoms with Crippen molar-refractivity contribution in [2.75, 3.05) is 5.32 Å². The van der Waals surface area contributed by atoms with Crippen molar-refractivity contribution in [3.63, 3.8) is 0 Å². The lowest BCUT2D eigenvalue weighted by atomic mass is 9.90. The van der Waals surface area contributed by atoms with E-state index in [9.17, 15) is 14.0 Å². The normalized spacial score (nSPS) is 16.7. The number of nitrogens with one attached hydrogen (secondary N) is 1. The fourth-order valence-corrected chi connectivity index (χ4v) is 3.85. The van der Waals surface area contributed by atoms with Crippen LogP contribution in [0, 0.1) is 5.82 Å². The smallest absolute Gasteiger partial charge is 0.256 e. The number of hydrogen-bond acceptors (Lipinski definition) is 3. The fourth-order valence-electron chi connectivity index (χ4n) is 3.12. The molecule has 2 aromatic carbocycles. The molecule has 3 aromatic rings. The molecule has 5 nitrogen and oxygen atoms in total. The standard InChI is InChI=1S/C20H16FN3O2S/c21-14-6-7-15-16(11-18(25)22-17(15)10-14)19(26)23-20-24(8-9-27-20)12-13-4-2-1-3-5-13/h1-10,16H,11-12H2,(H,22,25). The summed E-state index contributed by atoms with van der Waals surface area (Å²) in [6.07, 6.45) is 1.88. The molecule has 1 N–H and O–H groups in total. The van der Waals surface area contributed by atoms with Crippen LogP contribution in [0.5, 0.6) is 0 Å². The Bertz CT molecular complexity index is 1070. The molecule has 1 atom stereocenters. The van der Waals surface area contributed by atoms with Crippen LogP contribution in [0.2, 0.25) is 0 Å². The first-order valence-corrected chi connectivity index (χ1v) is 9.34. The highest BCUT2D eigenvalue weighted by Gasteiger charge is 2.30. The Balaban J connectivity index is 1.65. The van der Waals surface area contributed by atoms with Gasteiger partial charge in [-0.05, 0) is 23.3 Å². The van der Waals surface area contributed by atoms with Crippen molar-refractivity contribution in [3.8, 4) is 0 Å². The van der Waals surface area contributed by atoms with E-state index in [1.807, 2.05) is 46.5 Å². The maximum atomic E-state index is 13.5. The molecule has 1 unspecified atom stereocenters. The summed E-state index contributed by atoms with van der Waals surface area (Å²) in [6.45, 7) is 0.601. The molecule has 0 fully saturated rings. The topological polar surface area (TPSA) is 63.5 Å². The van der Waals surface area contributed by atoms with Gasteiger partial charge in [-0.25, -0.2) is 4.39 Å². The van der Waals surface area contributed by atoms with Crippen molar-refractivity contribution in [2.45, 2.75) is 18.9 Å². The van der Waals surface area contributed by atoms with Crippen LogP contribution < -0.4 is 10.1 Å². The first kappa shape index (κ1) is 17.4. The monoisotopic (exact) mass is 381 g/mol. The van der Waals surface area contributed by atoms with Crippen molar-refractivity contribution in [1.82, 2.24) is 4.57 Å². The second-order valence-corrected chi connectivity index (χ2v) is 7.16. The summed E-state index contributed by atoms with van der Waals surface area (Å²) in [5.41, 5.74) is 2.03. The lowest BCUT2D eigenvalue weighted by Gasteiger charge is -2.23. The predicted molar refractivity (Wildman–Crippen MR) is 101 cm³/mol. The Morgan fingerprint density at radius 2 is 2.07 bits per heavy atom. The van der Waals surface area contributed by atoms with Gasteiger partial charge >= 0.3 is 0 Å². The van der Waals surface area contributed by atoms with Crippen LogP contribution in [0.4, 0.5) is 10.1 Å². The number of anilines is 1. The average Bonchev–Trinajstić information content (AvgIpc) is 3.08. The average molecular weight is 381 g/mol. The molecule has 0 saturated carbocycles. The minimum Gasteiger partial charge on any atom is -0.326 e. The number of benzene rings is 2. The van der Waals surface area contributed by atoms with Crippen molar-refractivity contribution in [1.29, 1.82) is 0 Å². The highest BCUT2D eigenvalue weighted by atomic mass is 32.1. The van der Waals surface area contributed by atoms with Gasteiger partial charge in [-0.15, -0.1) is 11.3 Å².